The number of rotatable bonds is 2. The van der Waals surface area contributed by atoms with Gasteiger partial charge in [0, 0.05) is 13.1 Å². The Hall–Kier alpha value is 0.160. The second kappa shape index (κ2) is 5.14. The van der Waals surface area contributed by atoms with Gasteiger partial charge in [0.1, 0.15) is 0 Å². The molecule has 80 valence electrons. The standard InChI is InChI=1S/C7H16N2O2S.ClH/c1-12(10,11)9-4-2-3-7(5-8)6-9;/h7H,2-6,8H2,1H3;1H. The molecule has 0 aliphatic carbocycles. The van der Waals surface area contributed by atoms with Crippen molar-refractivity contribution >= 4 is 22.4 Å². The second-order valence-corrected chi connectivity index (χ2v) is 5.35. The van der Waals surface area contributed by atoms with Crippen LogP contribution >= 0.6 is 12.4 Å². The van der Waals surface area contributed by atoms with Gasteiger partial charge >= 0.3 is 0 Å². The highest BCUT2D eigenvalue weighted by atomic mass is 35.5. The first kappa shape index (κ1) is 13.2. The topological polar surface area (TPSA) is 63.4 Å². The summed E-state index contributed by atoms with van der Waals surface area (Å²) in [6.45, 7) is 1.86. The number of nitrogens with two attached hydrogens (primary N) is 1. The lowest BCUT2D eigenvalue weighted by Crippen LogP contribution is -2.41. The molecular formula is C7H17ClN2O2S. The molecule has 0 spiro atoms. The van der Waals surface area contributed by atoms with E-state index in [4.69, 9.17) is 5.73 Å². The van der Waals surface area contributed by atoms with Gasteiger partial charge in [-0.05, 0) is 25.3 Å². The minimum absolute atomic E-state index is 0. The molecule has 0 aromatic carbocycles. The average Bonchev–Trinajstić information content (AvgIpc) is 2.03. The molecule has 6 heteroatoms. The third-order valence-electron chi connectivity index (χ3n) is 2.28. The lowest BCUT2D eigenvalue weighted by Gasteiger charge is -2.29. The van der Waals surface area contributed by atoms with E-state index in [0.717, 1.165) is 12.8 Å². The van der Waals surface area contributed by atoms with Crippen LogP contribution in [-0.4, -0.2) is 38.6 Å². The van der Waals surface area contributed by atoms with Crippen molar-refractivity contribution in [3.05, 3.63) is 0 Å². The summed E-state index contributed by atoms with van der Waals surface area (Å²) in [5.41, 5.74) is 5.49. The summed E-state index contributed by atoms with van der Waals surface area (Å²) in [7, 11) is -2.99. The van der Waals surface area contributed by atoms with Gasteiger partial charge in [0.2, 0.25) is 10.0 Å². The lowest BCUT2D eigenvalue weighted by atomic mass is 10.0. The predicted molar refractivity (Wildman–Crippen MR) is 55.4 cm³/mol. The summed E-state index contributed by atoms with van der Waals surface area (Å²) >= 11 is 0. The van der Waals surface area contributed by atoms with Crippen LogP contribution in [0.25, 0.3) is 0 Å². The minimum atomic E-state index is -2.99. The van der Waals surface area contributed by atoms with Crippen LogP contribution in [0.5, 0.6) is 0 Å². The molecule has 1 atom stereocenters. The molecule has 0 bridgehead atoms. The van der Waals surface area contributed by atoms with E-state index >= 15 is 0 Å². The molecular weight excluding hydrogens is 212 g/mol. The highest BCUT2D eigenvalue weighted by Crippen LogP contribution is 2.17. The number of nitrogens with zero attached hydrogens (tertiary/aromatic N) is 1. The lowest BCUT2D eigenvalue weighted by molar-refractivity contribution is 0.273. The van der Waals surface area contributed by atoms with Crippen molar-refractivity contribution in [3.8, 4) is 0 Å². The number of sulfonamides is 1. The van der Waals surface area contributed by atoms with E-state index in [-0.39, 0.29) is 12.4 Å². The Kier molecular flexibility index (Phi) is 5.21. The quantitative estimate of drug-likeness (QED) is 0.726. The van der Waals surface area contributed by atoms with E-state index < -0.39 is 10.0 Å². The van der Waals surface area contributed by atoms with Crippen molar-refractivity contribution in [3.63, 3.8) is 0 Å². The molecule has 1 fully saturated rings. The molecule has 1 rings (SSSR count). The van der Waals surface area contributed by atoms with Gasteiger partial charge in [0.15, 0.2) is 0 Å². The zero-order chi connectivity index (χ0) is 9.19. The van der Waals surface area contributed by atoms with Gasteiger partial charge in [0.05, 0.1) is 6.26 Å². The van der Waals surface area contributed by atoms with Crippen LogP contribution in [0.15, 0.2) is 0 Å². The van der Waals surface area contributed by atoms with Gasteiger partial charge < -0.3 is 5.73 Å². The van der Waals surface area contributed by atoms with E-state index in [1.807, 2.05) is 0 Å². The van der Waals surface area contributed by atoms with E-state index in [1.54, 1.807) is 0 Å². The van der Waals surface area contributed by atoms with Crippen LogP contribution < -0.4 is 5.73 Å². The zero-order valence-electron chi connectivity index (χ0n) is 7.77. The summed E-state index contributed by atoms with van der Waals surface area (Å²) in [4.78, 5) is 0. The molecule has 0 aromatic heterocycles. The van der Waals surface area contributed by atoms with Crippen LogP contribution in [0.4, 0.5) is 0 Å². The Morgan fingerprint density at radius 3 is 2.62 bits per heavy atom. The molecule has 0 aromatic rings. The molecule has 1 saturated heterocycles. The van der Waals surface area contributed by atoms with Crippen LogP contribution in [0, 0.1) is 5.92 Å². The predicted octanol–water partition coefficient (Wildman–Crippen LogP) is 0.0385. The van der Waals surface area contributed by atoms with Gasteiger partial charge in [-0.2, -0.15) is 0 Å². The van der Waals surface area contributed by atoms with Crippen molar-refractivity contribution in [1.82, 2.24) is 4.31 Å². The smallest absolute Gasteiger partial charge is 0.211 e. The third kappa shape index (κ3) is 3.81. The summed E-state index contributed by atoms with van der Waals surface area (Å²) in [5.74, 6) is 0.355. The van der Waals surface area contributed by atoms with Crippen molar-refractivity contribution in [2.75, 3.05) is 25.9 Å². The SMILES string of the molecule is CS(=O)(=O)N1CCCC(CN)C1.Cl. The molecule has 0 radical (unpaired) electrons. The van der Waals surface area contributed by atoms with Gasteiger partial charge in [-0.1, -0.05) is 0 Å². The maximum Gasteiger partial charge on any atom is 0.211 e. The molecule has 0 amide bonds. The third-order valence-corrected chi connectivity index (χ3v) is 3.55. The van der Waals surface area contributed by atoms with Crippen LogP contribution in [0.3, 0.4) is 0 Å². The fourth-order valence-electron chi connectivity index (χ4n) is 1.52. The van der Waals surface area contributed by atoms with Crippen molar-refractivity contribution in [2.45, 2.75) is 12.8 Å². The van der Waals surface area contributed by atoms with E-state index in [9.17, 15) is 8.42 Å². The number of piperidine rings is 1. The van der Waals surface area contributed by atoms with E-state index in [2.05, 4.69) is 0 Å². The summed E-state index contributed by atoms with van der Waals surface area (Å²) in [6.07, 6.45) is 3.25. The molecule has 4 nitrogen and oxygen atoms in total. The monoisotopic (exact) mass is 228 g/mol. The highest BCUT2D eigenvalue weighted by Gasteiger charge is 2.24. The molecule has 1 aliphatic heterocycles. The minimum Gasteiger partial charge on any atom is -0.330 e. The fourth-order valence-corrected chi connectivity index (χ4v) is 2.46. The maximum atomic E-state index is 11.1. The zero-order valence-corrected chi connectivity index (χ0v) is 9.40. The second-order valence-electron chi connectivity index (χ2n) is 3.36. The van der Waals surface area contributed by atoms with Crippen LogP contribution in [0.2, 0.25) is 0 Å². The fraction of sp³-hybridized carbons (Fsp3) is 1.00. The highest BCUT2D eigenvalue weighted by molar-refractivity contribution is 7.88. The first-order chi connectivity index (χ1) is 5.54. The van der Waals surface area contributed by atoms with Gasteiger partial charge in [-0.25, -0.2) is 12.7 Å². The molecule has 2 N–H and O–H groups in total. The Balaban J connectivity index is 0.00000144. The summed E-state index contributed by atoms with van der Waals surface area (Å²) < 4.78 is 23.8. The molecule has 0 saturated carbocycles. The summed E-state index contributed by atoms with van der Waals surface area (Å²) in [5, 5.41) is 0. The van der Waals surface area contributed by atoms with E-state index in [0.29, 0.717) is 25.6 Å². The Bertz CT molecular complexity index is 243. The van der Waals surface area contributed by atoms with Crippen molar-refractivity contribution < 1.29 is 8.42 Å². The van der Waals surface area contributed by atoms with Gasteiger partial charge in [-0.15, -0.1) is 12.4 Å². The molecule has 1 heterocycles. The summed E-state index contributed by atoms with van der Waals surface area (Å²) in [6, 6.07) is 0. The number of hydrogen-bond donors (Lipinski definition) is 1. The van der Waals surface area contributed by atoms with Crippen molar-refractivity contribution in [2.24, 2.45) is 11.7 Å². The first-order valence-corrected chi connectivity index (χ1v) is 6.04. The Morgan fingerprint density at radius 1 is 1.54 bits per heavy atom. The number of hydrogen-bond acceptors (Lipinski definition) is 3. The number of halogens is 1. The van der Waals surface area contributed by atoms with Gasteiger partial charge in [-0.3, -0.25) is 0 Å². The Labute approximate surface area is 85.9 Å². The van der Waals surface area contributed by atoms with Crippen LogP contribution in [0.1, 0.15) is 12.8 Å². The Morgan fingerprint density at radius 2 is 2.15 bits per heavy atom. The maximum absolute atomic E-state index is 11.1. The molecule has 13 heavy (non-hydrogen) atoms. The normalized spacial score (nSPS) is 25.2. The molecule has 1 aliphatic rings. The van der Waals surface area contributed by atoms with Crippen molar-refractivity contribution in [1.29, 1.82) is 0 Å². The first-order valence-electron chi connectivity index (χ1n) is 4.19. The largest absolute Gasteiger partial charge is 0.330 e. The van der Waals surface area contributed by atoms with Gasteiger partial charge in [0.25, 0.3) is 0 Å². The molecule has 1 unspecified atom stereocenters. The average molecular weight is 229 g/mol. The van der Waals surface area contributed by atoms with Crippen LogP contribution in [-0.2, 0) is 10.0 Å². The van der Waals surface area contributed by atoms with E-state index in [1.165, 1.54) is 10.6 Å².